The summed E-state index contributed by atoms with van der Waals surface area (Å²) in [6.45, 7) is 1.98. The van der Waals surface area contributed by atoms with Crippen LogP contribution in [0.25, 0.3) is 11.3 Å². The average Bonchev–Trinajstić information content (AvgIpc) is 2.68. The van der Waals surface area contributed by atoms with Crippen LogP contribution in [-0.4, -0.2) is 27.7 Å². The van der Waals surface area contributed by atoms with Gasteiger partial charge in [0.1, 0.15) is 5.82 Å². The highest BCUT2D eigenvalue weighted by Crippen LogP contribution is 2.27. The van der Waals surface area contributed by atoms with Crippen molar-refractivity contribution in [2.75, 3.05) is 17.3 Å². The van der Waals surface area contributed by atoms with Crippen LogP contribution in [0.2, 0.25) is 0 Å². The zero-order valence-electron chi connectivity index (χ0n) is 11.3. The van der Waals surface area contributed by atoms with Crippen LogP contribution in [0.15, 0.2) is 30.3 Å². The highest BCUT2D eigenvalue weighted by Gasteiger charge is 2.15. The standard InChI is InChI=1S/C14H17N3OS/c1-10-13(11-7-5-4-6-8-11)16-17(2)14(10)15-12(18)9-19-3/h4-8H,9H2,1-3H3,(H,15,18). The minimum absolute atomic E-state index is 0.00166. The molecule has 1 heterocycles. The van der Waals surface area contributed by atoms with Gasteiger partial charge in [0, 0.05) is 18.2 Å². The quantitative estimate of drug-likeness (QED) is 0.933. The van der Waals surface area contributed by atoms with Crippen molar-refractivity contribution in [1.29, 1.82) is 0 Å². The van der Waals surface area contributed by atoms with Gasteiger partial charge in [0.05, 0.1) is 11.4 Å². The van der Waals surface area contributed by atoms with E-state index < -0.39 is 0 Å². The van der Waals surface area contributed by atoms with E-state index in [4.69, 9.17) is 0 Å². The fraction of sp³-hybridized carbons (Fsp3) is 0.286. The fourth-order valence-corrected chi connectivity index (χ4v) is 2.31. The third kappa shape index (κ3) is 2.98. The first-order valence-corrected chi connectivity index (χ1v) is 7.40. The molecule has 4 nitrogen and oxygen atoms in total. The minimum atomic E-state index is -0.00166. The first kappa shape index (κ1) is 13.7. The molecular weight excluding hydrogens is 258 g/mol. The van der Waals surface area contributed by atoms with Crippen molar-refractivity contribution in [2.24, 2.45) is 7.05 Å². The Labute approximate surface area is 117 Å². The number of hydrogen-bond acceptors (Lipinski definition) is 3. The van der Waals surface area contributed by atoms with Crippen LogP contribution in [0, 0.1) is 6.92 Å². The number of amides is 1. The average molecular weight is 275 g/mol. The Kier molecular flexibility index (Phi) is 4.27. The topological polar surface area (TPSA) is 46.9 Å². The van der Waals surface area contributed by atoms with Gasteiger partial charge in [-0.1, -0.05) is 30.3 Å². The number of carbonyl (C=O) groups is 1. The first-order chi connectivity index (χ1) is 9.13. The largest absolute Gasteiger partial charge is 0.310 e. The van der Waals surface area contributed by atoms with E-state index in [-0.39, 0.29) is 5.91 Å². The summed E-state index contributed by atoms with van der Waals surface area (Å²) in [6.07, 6.45) is 1.91. The number of benzene rings is 1. The zero-order chi connectivity index (χ0) is 13.8. The van der Waals surface area contributed by atoms with Crippen molar-refractivity contribution in [3.63, 3.8) is 0 Å². The molecule has 2 rings (SSSR count). The summed E-state index contributed by atoms with van der Waals surface area (Å²) in [5.74, 6) is 1.21. The SMILES string of the molecule is CSCC(=O)Nc1c(C)c(-c2ccccc2)nn1C. The van der Waals surface area contributed by atoms with E-state index in [0.29, 0.717) is 5.75 Å². The fourth-order valence-electron chi connectivity index (χ4n) is 1.97. The van der Waals surface area contributed by atoms with Crippen LogP contribution < -0.4 is 5.32 Å². The third-order valence-corrected chi connectivity index (χ3v) is 3.42. The molecule has 1 aromatic heterocycles. The Morgan fingerprint density at radius 1 is 1.37 bits per heavy atom. The number of anilines is 1. The maximum absolute atomic E-state index is 11.7. The number of nitrogens with zero attached hydrogens (tertiary/aromatic N) is 2. The highest BCUT2D eigenvalue weighted by atomic mass is 32.2. The summed E-state index contributed by atoms with van der Waals surface area (Å²) < 4.78 is 1.72. The lowest BCUT2D eigenvalue weighted by Crippen LogP contribution is -2.16. The normalized spacial score (nSPS) is 10.5. The van der Waals surface area contributed by atoms with Crippen LogP contribution >= 0.6 is 11.8 Å². The molecule has 0 spiro atoms. The molecule has 0 aliphatic carbocycles. The van der Waals surface area contributed by atoms with Crippen LogP contribution in [0.1, 0.15) is 5.56 Å². The number of carbonyl (C=O) groups excluding carboxylic acids is 1. The predicted octanol–water partition coefficient (Wildman–Crippen LogP) is 2.70. The number of nitrogens with one attached hydrogen (secondary N) is 1. The van der Waals surface area contributed by atoms with E-state index in [0.717, 1.165) is 22.6 Å². The zero-order valence-corrected chi connectivity index (χ0v) is 12.1. The van der Waals surface area contributed by atoms with Gasteiger partial charge in [-0.2, -0.15) is 16.9 Å². The first-order valence-electron chi connectivity index (χ1n) is 6.01. The second-order valence-electron chi connectivity index (χ2n) is 4.29. The van der Waals surface area contributed by atoms with Gasteiger partial charge in [0.2, 0.25) is 5.91 Å². The van der Waals surface area contributed by atoms with Gasteiger partial charge in [-0.25, -0.2) is 0 Å². The molecule has 0 unspecified atom stereocenters. The molecule has 0 atom stereocenters. The monoisotopic (exact) mass is 275 g/mol. The minimum Gasteiger partial charge on any atom is -0.310 e. The second kappa shape index (κ2) is 5.93. The van der Waals surface area contributed by atoms with E-state index in [9.17, 15) is 4.79 Å². The summed E-state index contributed by atoms with van der Waals surface area (Å²) in [4.78, 5) is 11.7. The number of thioether (sulfide) groups is 1. The molecule has 2 aromatic rings. The van der Waals surface area contributed by atoms with E-state index >= 15 is 0 Å². The third-order valence-electron chi connectivity index (χ3n) is 2.86. The van der Waals surface area contributed by atoms with Crippen molar-refractivity contribution in [2.45, 2.75) is 6.92 Å². The van der Waals surface area contributed by atoms with E-state index in [1.165, 1.54) is 11.8 Å². The smallest absolute Gasteiger partial charge is 0.235 e. The van der Waals surface area contributed by atoms with Crippen molar-refractivity contribution >= 4 is 23.5 Å². The van der Waals surface area contributed by atoms with Gasteiger partial charge in [-0.05, 0) is 13.2 Å². The summed E-state index contributed by atoms with van der Waals surface area (Å²) in [6, 6.07) is 9.97. The van der Waals surface area contributed by atoms with Crippen molar-refractivity contribution in [1.82, 2.24) is 9.78 Å². The Morgan fingerprint density at radius 2 is 2.05 bits per heavy atom. The molecule has 0 aliphatic heterocycles. The number of aryl methyl sites for hydroxylation is 1. The van der Waals surface area contributed by atoms with Crippen LogP contribution in [0.5, 0.6) is 0 Å². The molecule has 1 aromatic carbocycles. The summed E-state index contributed by atoms with van der Waals surface area (Å²) in [5, 5.41) is 7.40. The second-order valence-corrected chi connectivity index (χ2v) is 5.16. The molecule has 0 aliphatic rings. The number of aromatic nitrogens is 2. The number of hydrogen-bond donors (Lipinski definition) is 1. The Bertz CT molecular complexity index is 578. The van der Waals surface area contributed by atoms with Crippen LogP contribution in [0.4, 0.5) is 5.82 Å². The van der Waals surface area contributed by atoms with Gasteiger partial charge in [-0.15, -0.1) is 0 Å². The highest BCUT2D eigenvalue weighted by molar-refractivity contribution is 7.99. The van der Waals surface area contributed by atoms with E-state index in [1.807, 2.05) is 50.6 Å². The van der Waals surface area contributed by atoms with Gasteiger partial charge in [0.25, 0.3) is 0 Å². The van der Waals surface area contributed by atoms with Crippen molar-refractivity contribution in [3.8, 4) is 11.3 Å². The van der Waals surface area contributed by atoms with Gasteiger partial charge >= 0.3 is 0 Å². The molecule has 0 saturated heterocycles. The van der Waals surface area contributed by atoms with Gasteiger partial charge < -0.3 is 5.32 Å². The summed E-state index contributed by atoms with van der Waals surface area (Å²) in [7, 11) is 1.84. The Hall–Kier alpha value is -1.75. The molecule has 1 amide bonds. The van der Waals surface area contributed by atoms with Gasteiger partial charge in [0.15, 0.2) is 0 Å². The maximum atomic E-state index is 11.7. The Balaban J connectivity index is 2.33. The van der Waals surface area contributed by atoms with Crippen molar-refractivity contribution < 1.29 is 4.79 Å². The molecule has 0 bridgehead atoms. The molecule has 0 radical (unpaired) electrons. The molecule has 0 fully saturated rings. The summed E-state index contributed by atoms with van der Waals surface area (Å²) in [5.41, 5.74) is 2.95. The lowest BCUT2D eigenvalue weighted by atomic mass is 10.1. The lowest BCUT2D eigenvalue weighted by Gasteiger charge is -2.05. The molecule has 19 heavy (non-hydrogen) atoms. The van der Waals surface area contributed by atoms with Crippen LogP contribution in [0.3, 0.4) is 0 Å². The molecule has 5 heteroatoms. The molecule has 100 valence electrons. The molecule has 1 N–H and O–H groups in total. The molecular formula is C14H17N3OS. The maximum Gasteiger partial charge on any atom is 0.235 e. The predicted molar refractivity (Wildman–Crippen MR) is 80.4 cm³/mol. The lowest BCUT2D eigenvalue weighted by molar-refractivity contribution is -0.113. The summed E-state index contributed by atoms with van der Waals surface area (Å²) >= 11 is 1.50. The van der Waals surface area contributed by atoms with E-state index in [2.05, 4.69) is 10.4 Å². The van der Waals surface area contributed by atoms with Gasteiger partial charge in [-0.3, -0.25) is 9.48 Å². The number of rotatable bonds is 4. The molecule has 0 saturated carbocycles. The van der Waals surface area contributed by atoms with Crippen molar-refractivity contribution in [3.05, 3.63) is 35.9 Å². The van der Waals surface area contributed by atoms with Crippen LogP contribution in [-0.2, 0) is 11.8 Å². The van der Waals surface area contributed by atoms with E-state index in [1.54, 1.807) is 4.68 Å². The Morgan fingerprint density at radius 3 is 2.68 bits per heavy atom.